The number of nitrogen functional groups attached to an aromatic ring is 1. The maximum absolute atomic E-state index is 12.2. The fourth-order valence-electron chi connectivity index (χ4n) is 4.13. The van der Waals surface area contributed by atoms with Gasteiger partial charge in [0, 0.05) is 30.9 Å². The molecule has 1 atom stereocenters. The maximum atomic E-state index is 12.2. The number of anilines is 1. The molecule has 1 amide bonds. The van der Waals surface area contributed by atoms with Crippen LogP contribution in [-0.2, 0) is 4.79 Å². The van der Waals surface area contributed by atoms with E-state index in [0.717, 1.165) is 18.4 Å². The van der Waals surface area contributed by atoms with Crippen molar-refractivity contribution in [3.8, 4) is 22.9 Å². The topological polar surface area (TPSA) is 112 Å². The minimum Gasteiger partial charge on any atom is -0.439 e. The van der Waals surface area contributed by atoms with Gasteiger partial charge in [-0.3, -0.25) is 4.79 Å². The summed E-state index contributed by atoms with van der Waals surface area (Å²) in [5.74, 6) is 1.45. The zero-order valence-corrected chi connectivity index (χ0v) is 18.0. The molecule has 0 saturated carbocycles. The lowest BCUT2D eigenvalue weighted by Gasteiger charge is -2.32. The molecule has 4 heterocycles. The fraction of sp³-hybridized carbons (Fsp3) is 0.208. The number of piperidine rings is 1. The molecule has 0 radical (unpaired) electrons. The quantitative estimate of drug-likeness (QED) is 0.471. The molecular formula is C24H23N7O2. The molecule has 4 aromatic rings. The second-order valence-electron chi connectivity index (χ2n) is 7.84. The summed E-state index contributed by atoms with van der Waals surface area (Å²) in [6.45, 7) is 4.84. The Bertz CT molecular complexity index is 1300. The molecular weight excluding hydrogens is 418 g/mol. The van der Waals surface area contributed by atoms with E-state index in [2.05, 4.69) is 21.5 Å². The summed E-state index contributed by atoms with van der Waals surface area (Å²) in [5.41, 5.74) is 8.30. The normalized spacial score (nSPS) is 16.0. The Hall–Kier alpha value is -4.27. The lowest BCUT2D eigenvalue weighted by atomic mass is 10.1. The van der Waals surface area contributed by atoms with E-state index >= 15 is 0 Å². The molecule has 166 valence electrons. The van der Waals surface area contributed by atoms with Crippen molar-refractivity contribution in [3.05, 3.63) is 67.6 Å². The summed E-state index contributed by atoms with van der Waals surface area (Å²) in [7, 11) is 0. The van der Waals surface area contributed by atoms with Gasteiger partial charge in [0.05, 0.1) is 11.4 Å². The highest BCUT2D eigenvalue weighted by molar-refractivity contribution is 5.98. The highest BCUT2D eigenvalue weighted by Gasteiger charge is 2.28. The van der Waals surface area contributed by atoms with E-state index in [1.807, 2.05) is 41.1 Å². The summed E-state index contributed by atoms with van der Waals surface area (Å²) in [4.78, 5) is 27.0. The predicted octanol–water partition coefficient (Wildman–Crippen LogP) is 3.61. The summed E-state index contributed by atoms with van der Waals surface area (Å²) in [5, 5.41) is 5.54. The lowest BCUT2D eigenvalue weighted by molar-refractivity contribution is -0.127. The molecule has 0 bridgehead atoms. The third-order valence-corrected chi connectivity index (χ3v) is 5.72. The van der Waals surface area contributed by atoms with E-state index in [0.29, 0.717) is 47.3 Å². The largest absolute Gasteiger partial charge is 0.439 e. The molecule has 1 fully saturated rings. The zero-order valence-electron chi connectivity index (χ0n) is 18.0. The third kappa shape index (κ3) is 4.00. The SMILES string of the molecule is C=CC(=O)N1CCCC(n2nc(-c3ccc(Oc4ccccc4)nc3)c3c(N)ncnc32)C1. The van der Waals surface area contributed by atoms with E-state index in [9.17, 15) is 4.79 Å². The summed E-state index contributed by atoms with van der Waals surface area (Å²) in [6, 6.07) is 13.1. The van der Waals surface area contributed by atoms with Crippen molar-refractivity contribution in [2.24, 2.45) is 0 Å². The summed E-state index contributed by atoms with van der Waals surface area (Å²) < 4.78 is 7.65. The van der Waals surface area contributed by atoms with Crippen LogP contribution in [0.1, 0.15) is 18.9 Å². The number of hydrogen-bond donors (Lipinski definition) is 1. The van der Waals surface area contributed by atoms with Gasteiger partial charge in [-0.15, -0.1) is 0 Å². The molecule has 1 saturated heterocycles. The standard InChI is InChI=1S/C24H23N7O2/c1-2-20(32)30-12-6-7-17(14-30)31-24-21(23(25)27-15-28-24)22(29-31)16-10-11-19(26-13-16)33-18-8-4-3-5-9-18/h2-5,8-11,13,15,17H,1,6-7,12,14H2,(H2,25,27,28). The average Bonchev–Trinajstić information content (AvgIpc) is 3.26. The number of amides is 1. The van der Waals surface area contributed by atoms with Crippen LogP contribution in [0.25, 0.3) is 22.3 Å². The van der Waals surface area contributed by atoms with Gasteiger partial charge in [-0.05, 0) is 37.1 Å². The van der Waals surface area contributed by atoms with Crippen LogP contribution in [0, 0.1) is 0 Å². The summed E-state index contributed by atoms with van der Waals surface area (Å²) >= 11 is 0. The van der Waals surface area contributed by atoms with Crippen LogP contribution < -0.4 is 10.5 Å². The molecule has 3 aromatic heterocycles. The molecule has 9 heteroatoms. The van der Waals surface area contributed by atoms with Crippen LogP contribution in [0.5, 0.6) is 11.6 Å². The first-order valence-electron chi connectivity index (χ1n) is 10.7. The smallest absolute Gasteiger partial charge is 0.246 e. The fourth-order valence-corrected chi connectivity index (χ4v) is 4.13. The number of para-hydroxylation sites is 1. The monoisotopic (exact) mass is 441 g/mol. The van der Waals surface area contributed by atoms with Gasteiger partial charge in [0.2, 0.25) is 11.8 Å². The number of carbonyl (C=O) groups is 1. The number of nitrogens with two attached hydrogens (primary N) is 1. The Kier molecular flexibility index (Phi) is 5.43. The van der Waals surface area contributed by atoms with E-state index in [4.69, 9.17) is 15.6 Å². The van der Waals surface area contributed by atoms with Crippen LogP contribution in [-0.4, -0.2) is 48.6 Å². The number of carbonyl (C=O) groups excluding carboxylic acids is 1. The Morgan fingerprint density at radius 3 is 2.76 bits per heavy atom. The molecule has 9 nitrogen and oxygen atoms in total. The van der Waals surface area contributed by atoms with E-state index in [1.165, 1.54) is 12.4 Å². The number of rotatable bonds is 5. The minimum absolute atomic E-state index is 0.0261. The Labute approximate surface area is 190 Å². The van der Waals surface area contributed by atoms with Crippen molar-refractivity contribution >= 4 is 22.8 Å². The molecule has 5 rings (SSSR count). The number of pyridine rings is 1. The average molecular weight is 441 g/mol. The Morgan fingerprint density at radius 1 is 1.15 bits per heavy atom. The van der Waals surface area contributed by atoms with Crippen molar-refractivity contribution in [1.29, 1.82) is 0 Å². The number of aromatic nitrogens is 5. The van der Waals surface area contributed by atoms with Crippen molar-refractivity contribution in [2.45, 2.75) is 18.9 Å². The van der Waals surface area contributed by atoms with Gasteiger partial charge in [-0.25, -0.2) is 19.6 Å². The van der Waals surface area contributed by atoms with Gasteiger partial charge in [0.25, 0.3) is 0 Å². The number of nitrogens with zero attached hydrogens (tertiary/aromatic N) is 6. The molecule has 1 unspecified atom stereocenters. The highest BCUT2D eigenvalue weighted by Crippen LogP contribution is 2.34. The van der Waals surface area contributed by atoms with Gasteiger partial charge < -0.3 is 15.4 Å². The van der Waals surface area contributed by atoms with E-state index in [-0.39, 0.29) is 11.9 Å². The van der Waals surface area contributed by atoms with Crippen molar-refractivity contribution in [1.82, 2.24) is 29.6 Å². The van der Waals surface area contributed by atoms with Crippen LogP contribution >= 0.6 is 0 Å². The first kappa shape index (κ1) is 20.6. The van der Waals surface area contributed by atoms with E-state index in [1.54, 1.807) is 17.2 Å². The maximum Gasteiger partial charge on any atom is 0.246 e. The van der Waals surface area contributed by atoms with Gasteiger partial charge in [-0.1, -0.05) is 24.8 Å². The first-order valence-corrected chi connectivity index (χ1v) is 10.7. The molecule has 2 N–H and O–H groups in total. The van der Waals surface area contributed by atoms with Gasteiger partial charge >= 0.3 is 0 Å². The first-order chi connectivity index (χ1) is 16.1. The Balaban J connectivity index is 1.50. The van der Waals surface area contributed by atoms with Gasteiger partial charge in [-0.2, -0.15) is 5.10 Å². The predicted molar refractivity (Wildman–Crippen MR) is 125 cm³/mol. The molecule has 1 aromatic carbocycles. The molecule has 1 aliphatic heterocycles. The molecule has 0 spiro atoms. The van der Waals surface area contributed by atoms with E-state index < -0.39 is 0 Å². The van der Waals surface area contributed by atoms with Crippen molar-refractivity contribution in [2.75, 3.05) is 18.8 Å². The van der Waals surface area contributed by atoms with Crippen molar-refractivity contribution < 1.29 is 9.53 Å². The van der Waals surface area contributed by atoms with Crippen LogP contribution in [0.4, 0.5) is 5.82 Å². The third-order valence-electron chi connectivity index (χ3n) is 5.72. The zero-order chi connectivity index (χ0) is 22.8. The van der Waals surface area contributed by atoms with Crippen LogP contribution in [0.2, 0.25) is 0 Å². The number of hydrogen-bond acceptors (Lipinski definition) is 7. The minimum atomic E-state index is -0.0799. The Morgan fingerprint density at radius 2 is 2.00 bits per heavy atom. The van der Waals surface area contributed by atoms with Gasteiger partial charge in [0.15, 0.2) is 5.65 Å². The molecule has 1 aliphatic rings. The second kappa shape index (κ2) is 8.70. The number of benzene rings is 1. The molecule has 33 heavy (non-hydrogen) atoms. The van der Waals surface area contributed by atoms with Gasteiger partial charge in [0.1, 0.15) is 23.6 Å². The van der Waals surface area contributed by atoms with Crippen molar-refractivity contribution in [3.63, 3.8) is 0 Å². The van der Waals surface area contributed by atoms with Crippen LogP contribution in [0.15, 0.2) is 67.6 Å². The number of ether oxygens (including phenoxy) is 1. The summed E-state index contributed by atoms with van der Waals surface area (Å²) in [6.07, 6.45) is 6.23. The number of fused-ring (bicyclic) bond motifs is 1. The highest BCUT2D eigenvalue weighted by atomic mass is 16.5. The lowest BCUT2D eigenvalue weighted by Crippen LogP contribution is -2.40. The second-order valence-corrected chi connectivity index (χ2v) is 7.84. The number of likely N-dealkylation sites (tertiary alicyclic amines) is 1. The molecule has 0 aliphatic carbocycles. The van der Waals surface area contributed by atoms with Crippen LogP contribution in [0.3, 0.4) is 0 Å².